The summed E-state index contributed by atoms with van der Waals surface area (Å²) in [4.78, 5) is 4.50. The van der Waals surface area contributed by atoms with Gasteiger partial charge >= 0.3 is 0 Å². The van der Waals surface area contributed by atoms with Gasteiger partial charge in [-0.05, 0) is 36.4 Å². The van der Waals surface area contributed by atoms with E-state index in [4.69, 9.17) is 13.6 Å². The van der Waals surface area contributed by atoms with Gasteiger partial charge in [-0.1, -0.05) is 11.8 Å². The van der Waals surface area contributed by atoms with Crippen LogP contribution in [0.3, 0.4) is 0 Å². The monoisotopic (exact) mass is 389 g/mol. The van der Waals surface area contributed by atoms with E-state index in [0.29, 0.717) is 35.0 Å². The molecule has 0 spiro atoms. The first-order valence-corrected chi connectivity index (χ1v) is 9.44. The van der Waals surface area contributed by atoms with Crippen molar-refractivity contribution < 1.29 is 18.0 Å². The molecule has 3 aromatic heterocycles. The first kappa shape index (κ1) is 16.8. The Morgan fingerprint density at radius 2 is 2.04 bits per heavy atom. The molecule has 6 nitrogen and oxygen atoms in total. The van der Waals surface area contributed by atoms with Crippen molar-refractivity contribution in [1.82, 2.24) is 15.2 Å². The van der Waals surface area contributed by atoms with Gasteiger partial charge in [0.1, 0.15) is 23.2 Å². The van der Waals surface area contributed by atoms with Crippen LogP contribution in [0.25, 0.3) is 11.7 Å². The number of hydrogen-bond acceptors (Lipinski definition) is 8. The van der Waals surface area contributed by atoms with Crippen molar-refractivity contribution in [2.75, 3.05) is 0 Å². The van der Waals surface area contributed by atoms with E-state index in [9.17, 15) is 4.39 Å². The predicted octanol–water partition coefficient (Wildman–Crippen LogP) is 4.80. The summed E-state index contributed by atoms with van der Waals surface area (Å²) in [6, 6.07) is 9.42. The van der Waals surface area contributed by atoms with Crippen LogP contribution in [-0.4, -0.2) is 15.2 Å². The third kappa shape index (κ3) is 4.12. The van der Waals surface area contributed by atoms with Crippen LogP contribution < -0.4 is 4.74 Å². The molecule has 0 aliphatic carbocycles. The SMILES string of the molecule is Fc1ccc(OCc2nc(CSc3nnc(-c4ccco4)o3)cs2)cc1. The zero-order chi connectivity index (χ0) is 17.8. The van der Waals surface area contributed by atoms with E-state index in [1.807, 2.05) is 5.38 Å². The highest BCUT2D eigenvalue weighted by molar-refractivity contribution is 7.98. The largest absolute Gasteiger partial charge is 0.486 e. The molecule has 0 saturated carbocycles. The molecule has 1 aromatic carbocycles. The van der Waals surface area contributed by atoms with Gasteiger partial charge in [0.2, 0.25) is 0 Å². The Morgan fingerprint density at radius 3 is 2.85 bits per heavy atom. The van der Waals surface area contributed by atoms with Crippen LogP contribution in [0.1, 0.15) is 10.7 Å². The fourth-order valence-electron chi connectivity index (χ4n) is 2.06. The number of thioether (sulfide) groups is 1. The second kappa shape index (κ2) is 7.71. The van der Waals surface area contributed by atoms with Crippen molar-refractivity contribution >= 4 is 23.1 Å². The number of thiazole rings is 1. The lowest BCUT2D eigenvalue weighted by molar-refractivity contribution is 0.305. The first-order valence-electron chi connectivity index (χ1n) is 7.58. The molecule has 0 radical (unpaired) electrons. The average molecular weight is 389 g/mol. The van der Waals surface area contributed by atoms with Gasteiger partial charge in [0.25, 0.3) is 11.1 Å². The van der Waals surface area contributed by atoms with Crippen LogP contribution >= 0.6 is 23.1 Å². The number of hydrogen-bond donors (Lipinski definition) is 0. The van der Waals surface area contributed by atoms with Gasteiger partial charge in [-0.25, -0.2) is 9.37 Å². The van der Waals surface area contributed by atoms with Gasteiger partial charge in [-0.2, -0.15) is 0 Å². The maximum absolute atomic E-state index is 12.9. The Labute approximate surface area is 156 Å². The molecule has 0 amide bonds. The Balaban J connectivity index is 1.30. The minimum Gasteiger partial charge on any atom is -0.486 e. The molecule has 0 aliphatic heterocycles. The lowest BCUT2D eigenvalue weighted by Gasteiger charge is -2.03. The van der Waals surface area contributed by atoms with E-state index in [0.717, 1.165) is 10.7 Å². The molecule has 9 heteroatoms. The predicted molar refractivity (Wildman–Crippen MR) is 94.4 cm³/mol. The first-order chi connectivity index (χ1) is 12.8. The lowest BCUT2D eigenvalue weighted by atomic mass is 10.3. The quantitative estimate of drug-likeness (QED) is 0.420. The molecule has 0 saturated heterocycles. The topological polar surface area (TPSA) is 74.2 Å². The van der Waals surface area contributed by atoms with Crippen LogP contribution in [0, 0.1) is 5.82 Å². The highest BCUT2D eigenvalue weighted by atomic mass is 32.2. The highest BCUT2D eigenvalue weighted by Gasteiger charge is 2.12. The zero-order valence-electron chi connectivity index (χ0n) is 13.3. The summed E-state index contributed by atoms with van der Waals surface area (Å²) in [6.45, 7) is 0.337. The molecule has 4 aromatic rings. The second-order valence-corrected chi connectivity index (χ2v) is 6.98. The molecule has 132 valence electrons. The van der Waals surface area contributed by atoms with Crippen LogP contribution in [0.4, 0.5) is 4.39 Å². The molecule has 0 fully saturated rings. The number of nitrogens with zero attached hydrogens (tertiary/aromatic N) is 3. The number of halogens is 1. The van der Waals surface area contributed by atoms with E-state index in [2.05, 4.69) is 15.2 Å². The second-order valence-electron chi connectivity index (χ2n) is 5.11. The Kier molecular flexibility index (Phi) is 4.98. The average Bonchev–Trinajstić information content (AvgIpc) is 3.40. The minimum atomic E-state index is -0.290. The number of rotatable bonds is 7. The van der Waals surface area contributed by atoms with E-state index >= 15 is 0 Å². The van der Waals surface area contributed by atoms with Gasteiger partial charge in [0, 0.05) is 11.1 Å². The molecule has 0 N–H and O–H groups in total. The summed E-state index contributed by atoms with van der Waals surface area (Å²) in [5.74, 6) is 1.81. The summed E-state index contributed by atoms with van der Waals surface area (Å²) >= 11 is 2.91. The smallest absolute Gasteiger partial charge is 0.284 e. The highest BCUT2D eigenvalue weighted by Crippen LogP contribution is 2.26. The van der Waals surface area contributed by atoms with Crippen molar-refractivity contribution in [2.24, 2.45) is 0 Å². The Morgan fingerprint density at radius 1 is 1.15 bits per heavy atom. The summed E-state index contributed by atoms with van der Waals surface area (Å²) in [5, 5.41) is 11.2. The van der Waals surface area contributed by atoms with Crippen molar-refractivity contribution in [2.45, 2.75) is 17.6 Å². The number of ether oxygens (including phenoxy) is 1. The fourth-order valence-corrected chi connectivity index (χ4v) is 3.53. The standard InChI is InChI=1S/C17H12FN3O3S2/c18-11-3-5-13(6-4-11)23-8-15-19-12(9-25-15)10-26-17-21-20-16(24-17)14-2-1-7-22-14/h1-7,9H,8,10H2. The molecule has 26 heavy (non-hydrogen) atoms. The van der Waals surface area contributed by atoms with E-state index in [-0.39, 0.29) is 5.82 Å². The number of furan rings is 1. The Hall–Kier alpha value is -2.65. The van der Waals surface area contributed by atoms with Crippen molar-refractivity contribution in [3.8, 4) is 17.4 Å². The third-order valence-corrected chi connectivity index (χ3v) is 4.98. The number of benzene rings is 1. The molecule has 0 aliphatic rings. The summed E-state index contributed by atoms with van der Waals surface area (Å²) < 4.78 is 29.2. The molecule has 0 bridgehead atoms. The zero-order valence-corrected chi connectivity index (χ0v) is 14.9. The molecular formula is C17H12FN3O3S2. The molecule has 0 unspecified atom stereocenters. The van der Waals surface area contributed by atoms with Crippen molar-refractivity contribution in [3.05, 3.63) is 64.6 Å². The van der Waals surface area contributed by atoms with Gasteiger partial charge < -0.3 is 13.6 Å². The maximum Gasteiger partial charge on any atom is 0.284 e. The van der Waals surface area contributed by atoms with Gasteiger partial charge in [0.05, 0.1) is 12.0 Å². The minimum absolute atomic E-state index is 0.290. The summed E-state index contributed by atoms with van der Waals surface area (Å²) in [6.07, 6.45) is 1.55. The normalized spacial score (nSPS) is 11.0. The van der Waals surface area contributed by atoms with Crippen LogP contribution in [0.15, 0.2) is 62.1 Å². The molecule has 3 heterocycles. The fraction of sp³-hybridized carbons (Fsp3) is 0.118. The van der Waals surface area contributed by atoms with Gasteiger partial charge in [-0.3, -0.25) is 0 Å². The Bertz CT molecular complexity index is 967. The lowest BCUT2D eigenvalue weighted by Crippen LogP contribution is -1.95. The molecule has 4 rings (SSSR count). The van der Waals surface area contributed by atoms with Gasteiger partial charge in [0.15, 0.2) is 5.76 Å². The van der Waals surface area contributed by atoms with Gasteiger partial charge in [-0.15, -0.1) is 21.5 Å². The van der Waals surface area contributed by atoms with E-state index in [1.54, 1.807) is 30.5 Å². The third-order valence-electron chi connectivity index (χ3n) is 3.26. The summed E-state index contributed by atoms with van der Waals surface area (Å²) in [5.41, 5.74) is 0.899. The molecule has 0 atom stereocenters. The maximum atomic E-state index is 12.9. The van der Waals surface area contributed by atoms with Crippen molar-refractivity contribution in [3.63, 3.8) is 0 Å². The van der Waals surface area contributed by atoms with Crippen LogP contribution in [0.2, 0.25) is 0 Å². The van der Waals surface area contributed by atoms with E-state index in [1.165, 1.54) is 35.2 Å². The van der Waals surface area contributed by atoms with Crippen LogP contribution in [-0.2, 0) is 12.4 Å². The number of aromatic nitrogens is 3. The van der Waals surface area contributed by atoms with E-state index < -0.39 is 0 Å². The van der Waals surface area contributed by atoms with Crippen LogP contribution in [0.5, 0.6) is 5.75 Å². The van der Waals surface area contributed by atoms with Crippen molar-refractivity contribution in [1.29, 1.82) is 0 Å². The summed E-state index contributed by atoms with van der Waals surface area (Å²) in [7, 11) is 0. The molecular weight excluding hydrogens is 377 g/mol.